The lowest BCUT2D eigenvalue weighted by molar-refractivity contribution is -0.137. The van der Waals surface area contributed by atoms with Gasteiger partial charge in [-0.3, -0.25) is 9.59 Å². The number of amides is 2. The van der Waals surface area contributed by atoms with Crippen molar-refractivity contribution < 1.29 is 31.9 Å². The Kier molecular flexibility index (Phi) is 4.52. The van der Waals surface area contributed by atoms with E-state index in [1.165, 1.54) is 25.3 Å². The molecule has 0 atom stereocenters. The number of benzene rings is 2. The zero-order valence-corrected chi connectivity index (χ0v) is 13.9. The van der Waals surface area contributed by atoms with Crippen LogP contribution in [0.3, 0.4) is 0 Å². The lowest BCUT2D eigenvalue weighted by atomic mass is 10.1. The smallest absolute Gasteiger partial charge is 0.416 e. The molecule has 0 saturated heterocycles. The van der Waals surface area contributed by atoms with Gasteiger partial charge in [-0.2, -0.15) is 13.2 Å². The monoisotopic (exact) mass is 378 g/mol. The van der Waals surface area contributed by atoms with Crippen LogP contribution >= 0.6 is 0 Å². The fourth-order valence-electron chi connectivity index (χ4n) is 2.52. The van der Waals surface area contributed by atoms with Gasteiger partial charge in [0.05, 0.1) is 12.7 Å². The molecule has 1 heterocycles. The summed E-state index contributed by atoms with van der Waals surface area (Å²) in [6.45, 7) is 0. The topological polar surface area (TPSA) is 94.6 Å². The Hall–Kier alpha value is -3.49. The zero-order chi connectivity index (χ0) is 19.8. The van der Waals surface area contributed by atoms with Crippen LogP contribution < -0.4 is 15.8 Å². The maximum absolute atomic E-state index is 12.8. The summed E-state index contributed by atoms with van der Waals surface area (Å²) in [5.41, 5.74) is 4.28. The van der Waals surface area contributed by atoms with Crippen molar-refractivity contribution in [3.05, 3.63) is 59.4 Å². The average Bonchev–Trinajstić information content (AvgIpc) is 2.99. The number of anilines is 1. The van der Waals surface area contributed by atoms with E-state index in [1.807, 2.05) is 0 Å². The normalized spacial score (nSPS) is 11.4. The van der Waals surface area contributed by atoms with Crippen molar-refractivity contribution in [2.24, 2.45) is 5.73 Å². The largest absolute Gasteiger partial charge is 0.497 e. The van der Waals surface area contributed by atoms with E-state index in [0.29, 0.717) is 17.2 Å². The third-order valence-electron chi connectivity index (χ3n) is 3.81. The maximum atomic E-state index is 12.8. The van der Waals surface area contributed by atoms with Gasteiger partial charge in [-0.05, 0) is 30.3 Å². The first-order valence-electron chi connectivity index (χ1n) is 7.59. The summed E-state index contributed by atoms with van der Waals surface area (Å²) >= 11 is 0. The lowest BCUT2D eigenvalue weighted by Crippen LogP contribution is -2.17. The van der Waals surface area contributed by atoms with Gasteiger partial charge in [0.15, 0.2) is 0 Å². The summed E-state index contributed by atoms with van der Waals surface area (Å²) < 4.78 is 48.9. The Morgan fingerprint density at radius 2 is 1.89 bits per heavy atom. The SMILES string of the molecule is COc1ccc2c(NC(=O)c3cccc(C(F)(F)F)c3)c(C(N)=O)oc2c1. The van der Waals surface area contributed by atoms with E-state index in [-0.39, 0.29) is 22.6 Å². The van der Waals surface area contributed by atoms with Crippen LogP contribution in [0.5, 0.6) is 5.75 Å². The number of hydrogen-bond acceptors (Lipinski definition) is 4. The number of halogens is 3. The van der Waals surface area contributed by atoms with Gasteiger partial charge in [0.1, 0.15) is 17.0 Å². The van der Waals surface area contributed by atoms with E-state index in [2.05, 4.69) is 5.32 Å². The molecule has 0 bridgehead atoms. The van der Waals surface area contributed by atoms with Gasteiger partial charge < -0.3 is 20.2 Å². The van der Waals surface area contributed by atoms with Gasteiger partial charge in [0.2, 0.25) is 5.76 Å². The molecule has 9 heteroatoms. The van der Waals surface area contributed by atoms with Gasteiger partial charge in [-0.15, -0.1) is 0 Å². The van der Waals surface area contributed by atoms with Gasteiger partial charge >= 0.3 is 6.18 Å². The van der Waals surface area contributed by atoms with E-state index in [0.717, 1.165) is 12.1 Å². The van der Waals surface area contributed by atoms with Crippen molar-refractivity contribution in [2.45, 2.75) is 6.18 Å². The maximum Gasteiger partial charge on any atom is 0.416 e. The highest BCUT2D eigenvalue weighted by atomic mass is 19.4. The molecule has 0 aliphatic rings. The highest BCUT2D eigenvalue weighted by molar-refractivity contribution is 6.14. The van der Waals surface area contributed by atoms with E-state index in [9.17, 15) is 22.8 Å². The number of carbonyl (C=O) groups excluding carboxylic acids is 2. The summed E-state index contributed by atoms with van der Waals surface area (Å²) in [5.74, 6) is -1.66. The molecular weight excluding hydrogens is 365 g/mol. The van der Waals surface area contributed by atoms with E-state index in [4.69, 9.17) is 14.9 Å². The standard InChI is InChI=1S/C18H13F3N2O4/c1-26-11-5-6-12-13(8-11)27-15(16(22)24)14(12)23-17(25)9-3-2-4-10(7-9)18(19,20)21/h2-8H,1H3,(H2,22,24)(H,23,25). The van der Waals surface area contributed by atoms with E-state index >= 15 is 0 Å². The number of rotatable bonds is 4. The summed E-state index contributed by atoms with van der Waals surface area (Å²) in [5, 5.41) is 2.76. The number of methoxy groups -OCH3 is 1. The minimum absolute atomic E-state index is 0.0254. The number of alkyl halides is 3. The third-order valence-corrected chi connectivity index (χ3v) is 3.81. The fourth-order valence-corrected chi connectivity index (χ4v) is 2.52. The molecular formula is C18H13F3N2O4. The second kappa shape index (κ2) is 6.67. The van der Waals surface area contributed by atoms with Crippen molar-refractivity contribution in [3.63, 3.8) is 0 Å². The number of carbonyl (C=O) groups is 2. The van der Waals surface area contributed by atoms with E-state index in [1.54, 1.807) is 6.07 Å². The van der Waals surface area contributed by atoms with Crippen molar-refractivity contribution in [1.82, 2.24) is 0 Å². The second-order valence-corrected chi connectivity index (χ2v) is 5.57. The first-order valence-corrected chi connectivity index (χ1v) is 7.59. The molecule has 0 aliphatic heterocycles. The molecule has 3 aromatic rings. The highest BCUT2D eigenvalue weighted by Gasteiger charge is 2.31. The van der Waals surface area contributed by atoms with Crippen LogP contribution in [-0.2, 0) is 6.18 Å². The molecule has 0 radical (unpaired) electrons. The highest BCUT2D eigenvalue weighted by Crippen LogP contribution is 2.34. The molecule has 3 rings (SSSR count). The number of nitrogens with one attached hydrogen (secondary N) is 1. The number of fused-ring (bicyclic) bond motifs is 1. The molecule has 27 heavy (non-hydrogen) atoms. The van der Waals surface area contributed by atoms with Crippen LogP contribution in [0.4, 0.5) is 18.9 Å². The minimum Gasteiger partial charge on any atom is -0.497 e. The lowest BCUT2D eigenvalue weighted by Gasteiger charge is -2.09. The van der Waals surface area contributed by atoms with Gasteiger partial charge in [0, 0.05) is 17.0 Å². The molecule has 6 nitrogen and oxygen atoms in total. The number of ether oxygens (including phenoxy) is 1. The van der Waals surface area contributed by atoms with Crippen LogP contribution in [-0.4, -0.2) is 18.9 Å². The molecule has 0 aliphatic carbocycles. The predicted molar refractivity (Wildman–Crippen MR) is 90.7 cm³/mol. The molecule has 0 spiro atoms. The Labute approximate surface area is 150 Å². The molecule has 2 amide bonds. The van der Waals surface area contributed by atoms with Crippen molar-refractivity contribution >= 4 is 28.5 Å². The quantitative estimate of drug-likeness (QED) is 0.722. The predicted octanol–water partition coefficient (Wildman–Crippen LogP) is 3.81. The molecule has 1 aromatic heterocycles. The van der Waals surface area contributed by atoms with Crippen molar-refractivity contribution in [1.29, 1.82) is 0 Å². The van der Waals surface area contributed by atoms with E-state index < -0.39 is 23.6 Å². The van der Waals surface area contributed by atoms with Crippen LogP contribution in [0.15, 0.2) is 46.9 Å². The zero-order valence-electron chi connectivity index (χ0n) is 13.9. The first-order chi connectivity index (χ1) is 12.7. The molecule has 0 saturated carbocycles. The van der Waals surface area contributed by atoms with Gasteiger partial charge in [0.25, 0.3) is 11.8 Å². The average molecular weight is 378 g/mol. The molecule has 3 N–H and O–H groups in total. The molecule has 140 valence electrons. The fraction of sp³-hybridized carbons (Fsp3) is 0.111. The second-order valence-electron chi connectivity index (χ2n) is 5.57. The van der Waals surface area contributed by atoms with Crippen LogP contribution in [0, 0.1) is 0 Å². The van der Waals surface area contributed by atoms with Crippen LogP contribution in [0.1, 0.15) is 26.5 Å². The number of furan rings is 1. The van der Waals surface area contributed by atoms with Gasteiger partial charge in [-0.25, -0.2) is 0 Å². The number of primary amides is 1. The Morgan fingerprint density at radius 1 is 1.15 bits per heavy atom. The summed E-state index contributed by atoms with van der Waals surface area (Å²) in [7, 11) is 1.44. The van der Waals surface area contributed by atoms with Crippen LogP contribution in [0.25, 0.3) is 11.0 Å². The number of hydrogen-bond donors (Lipinski definition) is 2. The van der Waals surface area contributed by atoms with Gasteiger partial charge in [-0.1, -0.05) is 6.07 Å². The Morgan fingerprint density at radius 3 is 2.52 bits per heavy atom. The Balaban J connectivity index is 2.02. The first kappa shape index (κ1) is 18.3. The van der Waals surface area contributed by atoms with Crippen molar-refractivity contribution in [3.8, 4) is 5.75 Å². The Bertz CT molecular complexity index is 1040. The van der Waals surface area contributed by atoms with Crippen LogP contribution in [0.2, 0.25) is 0 Å². The third kappa shape index (κ3) is 3.57. The molecule has 2 aromatic carbocycles. The summed E-state index contributed by atoms with van der Waals surface area (Å²) in [6, 6.07) is 8.50. The molecule has 0 unspecified atom stereocenters. The van der Waals surface area contributed by atoms with Crippen molar-refractivity contribution in [2.75, 3.05) is 12.4 Å². The molecule has 0 fully saturated rings. The summed E-state index contributed by atoms with van der Waals surface area (Å²) in [6.07, 6.45) is -4.59. The number of nitrogens with two attached hydrogens (primary N) is 1. The minimum atomic E-state index is -4.59. The summed E-state index contributed by atoms with van der Waals surface area (Å²) in [4.78, 5) is 24.1.